The third-order valence-electron chi connectivity index (χ3n) is 4.37. The summed E-state index contributed by atoms with van der Waals surface area (Å²) in [5.74, 6) is 3.60. The minimum atomic E-state index is 0.206. The van der Waals surface area contributed by atoms with Gasteiger partial charge in [-0.25, -0.2) is 0 Å². The van der Waals surface area contributed by atoms with Gasteiger partial charge in [0.15, 0.2) is 11.6 Å². The van der Waals surface area contributed by atoms with E-state index in [4.69, 9.17) is 9.05 Å². The lowest BCUT2D eigenvalue weighted by Gasteiger charge is -2.19. The summed E-state index contributed by atoms with van der Waals surface area (Å²) in [6, 6.07) is 0.206. The number of hydrogen-bond donors (Lipinski definition) is 0. The van der Waals surface area contributed by atoms with Gasteiger partial charge >= 0.3 is 0 Å². The van der Waals surface area contributed by atoms with Crippen molar-refractivity contribution in [3.05, 3.63) is 23.4 Å². The Balaban J connectivity index is 1.45. The van der Waals surface area contributed by atoms with Gasteiger partial charge in [-0.3, -0.25) is 4.90 Å². The molecule has 7 heteroatoms. The molecule has 7 nitrogen and oxygen atoms in total. The van der Waals surface area contributed by atoms with Gasteiger partial charge in [-0.2, -0.15) is 9.97 Å². The molecule has 4 rings (SSSR count). The minimum absolute atomic E-state index is 0.206. The molecule has 1 aliphatic heterocycles. The van der Waals surface area contributed by atoms with E-state index in [1.807, 2.05) is 0 Å². The van der Waals surface area contributed by atoms with E-state index in [1.165, 1.54) is 12.8 Å². The normalized spacial score (nSPS) is 22.5. The zero-order valence-corrected chi connectivity index (χ0v) is 12.9. The second kappa shape index (κ2) is 5.79. The molecule has 0 bridgehead atoms. The van der Waals surface area contributed by atoms with E-state index in [0.717, 1.165) is 49.8 Å². The van der Waals surface area contributed by atoms with Crippen LogP contribution in [-0.2, 0) is 13.0 Å². The first kappa shape index (κ1) is 13.9. The lowest BCUT2D eigenvalue weighted by atomic mass is 10.2. The summed E-state index contributed by atoms with van der Waals surface area (Å²) in [6.07, 6.45) is 6.44. The molecule has 0 unspecified atom stereocenters. The molecule has 0 spiro atoms. The maximum Gasteiger partial charge on any atom is 0.240 e. The first-order chi connectivity index (χ1) is 10.8. The molecule has 22 heavy (non-hydrogen) atoms. The van der Waals surface area contributed by atoms with Crippen molar-refractivity contribution in [3.8, 4) is 0 Å². The number of nitrogens with zero attached hydrogens (tertiary/aromatic N) is 5. The van der Waals surface area contributed by atoms with Gasteiger partial charge in [0.25, 0.3) is 0 Å². The van der Waals surface area contributed by atoms with Crippen molar-refractivity contribution < 1.29 is 9.05 Å². The molecule has 1 atom stereocenters. The van der Waals surface area contributed by atoms with E-state index < -0.39 is 0 Å². The van der Waals surface area contributed by atoms with E-state index in [-0.39, 0.29) is 6.04 Å². The van der Waals surface area contributed by atoms with Crippen LogP contribution >= 0.6 is 0 Å². The summed E-state index contributed by atoms with van der Waals surface area (Å²) in [4.78, 5) is 11.4. The van der Waals surface area contributed by atoms with Crippen LogP contribution in [-0.4, -0.2) is 31.7 Å². The van der Waals surface area contributed by atoms with Gasteiger partial charge in [0.2, 0.25) is 11.8 Å². The zero-order chi connectivity index (χ0) is 14.9. The molecule has 2 fully saturated rings. The fraction of sp³-hybridized carbons (Fsp3) is 0.733. The first-order valence-electron chi connectivity index (χ1n) is 8.22. The van der Waals surface area contributed by atoms with Crippen molar-refractivity contribution in [1.82, 2.24) is 25.2 Å². The van der Waals surface area contributed by atoms with Gasteiger partial charge in [-0.05, 0) is 38.6 Å². The summed E-state index contributed by atoms with van der Waals surface area (Å²) in [7, 11) is 0. The topological polar surface area (TPSA) is 81.1 Å². The number of rotatable bonds is 6. The third-order valence-corrected chi connectivity index (χ3v) is 4.37. The molecule has 3 heterocycles. The maximum absolute atomic E-state index is 5.40. The fourth-order valence-corrected chi connectivity index (χ4v) is 3.04. The Morgan fingerprint density at radius 1 is 1.14 bits per heavy atom. The lowest BCUT2D eigenvalue weighted by Crippen LogP contribution is -2.23. The number of likely N-dealkylation sites (tertiary alicyclic amines) is 1. The Morgan fingerprint density at radius 2 is 2.05 bits per heavy atom. The number of hydrogen-bond acceptors (Lipinski definition) is 7. The van der Waals surface area contributed by atoms with Gasteiger partial charge in [0.05, 0.1) is 12.6 Å². The van der Waals surface area contributed by atoms with Crippen LogP contribution in [0.1, 0.15) is 74.4 Å². The lowest BCUT2D eigenvalue weighted by molar-refractivity contribution is 0.202. The predicted molar refractivity (Wildman–Crippen MR) is 77.0 cm³/mol. The highest BCUT2D eigenvalue weighted by molar-refractivity contribution is 5.05. The molecule has 1 aliphatic carbocycles. The van der Waals surface area contributed by atoms with Crippen LogP contribution in [0.3, 0.4) is 0 Å². The molecule has 0 amide bonds. The smallest absolute Gasteiger partial charge is 0.240 e. The van der Waals surface area contributed by atoms with Crippen molar-refractivity contribution in [2.24, 2.45) is 0 Å². The summed E-state index contributed by atoms with van der Waals surface area (Å²) in [6.45, 7) is 3.78. The monoisotopic (exact) mass is 303 g/mol. The van der Waals surface area contributed by atoms with E-state index in [9.17, 15) is 0 Å². The highest BCUT2D eigenvalue weighted by atomic mass is 16.5. The van der Waals surface area contributed by atoms with Crippen LogP contribution in [0.4, 0.5) is 0 Å². The van der Waals surface area contributed by atoms with Gasteiger partial charge in [0, 0.05) is 12.3 Å². The largest absolute Gasteiger partial charge is 0.339 e. The molecule has 2 aromatic heterocycles. The Morgan fingerprint density at radius 3 is 2.86 bits per heavy atom. The third kappa shape index (κ3) is 2.77. The fourth-order valence-electron chi connectivity index (χ4n) is 3.04. The van der Waals surface area contributed by atoms with Crippen molar-refractivity contribution in [2.45, 2.75) is 64.0 Å². The van der Waals surface area contributed by atoms with Gasteiger partial charge in [-0.1, -0.05) is 17.2 Å². The molecule has 2 aromatic rings. The molecule has 1 saturated carbocycles. The average Bonchev–Trinajstić information content (AvgIpc) is 2.92. The van der Waals surface area contributed by atoms with E-state index >= 15 is 0 Å². The van der Waals surface area contributed by atoms with Gasteiger partial charge in [0.1, 0.15) is 0 Å². The molecule has 2 aliphatic rings. The molecule has 0 N–H and O–H groups in total. The molecular weight excluding hydrogens is 282 g/mol. The molecular formula is C15H21N5O2. The van der Waals surface area contributed by atoms with Crippen molar-refractivity contribution in [3.63, 3.8) is 0 Å². The summed E-state index contributed by atoms with van der Waals surface area (Å²) in [5.41, 5.74) is 0. The predicted octanol–water partition coefficient (Wildman–Crippen LogP) is 2.62. The standard InChI is InChI=1S/C15H21N5O2/c1-2-4-12-16-13(21-18-12)9-20-8-3-5-11(20)14-17-15(22-19-14)10-6-7-10/h10-11H,2-9H2,1H3/t11-/m1/s1. The van der Waals surface area contributed by atoms with Crippen molar-refractivity contribution >= 4 is 0 Å². The second-order valence-electron chi connectivity index (χ2n) is 6.25. The molecule has 1 saturated heterocycles. The van der Waals surface area contributed by atoms with Crippen LogP contribution in [0, 0.1) is 0 Å². The maximum atomic E-state index is 5.40. The van der Waals surface area contributed by atoms with Gasteiger partial charge < -0.3 is 9.05 Å². The summed E-state index contributed by atoms with van der Waals surface area (Å²) in [5, 5.41) is 8.21. The SMILES string of the molecule is CCCc1noc(CN2CCC[C@@H]2c2noc(C3CC3)n2)n1. The molecule has 0 aromatic carbocycles. The minimum Gasteiger partial charge on any atom is -0.339 e. The van der Waals surface area contributed by atoms with Crippen molar-refractivity contribution in [2.75, 3.05) is 6.54 Å². The number of aryl methyl sites for hydroxylation is 1. The number of aromatic nitrogens is 4. The molecule has 118 valence electrons. The van der Waals surface area contributed by atoms with Crippen LogP contribution in [0.15, 0.2) is 9.05 Å². The summed E-state index contributed by atoms with van der Waals surface area (Å²) >= 11 is 0. The Labute approximate surface area is 129 Å². The highest BCUT2D eigenvalue weighted by Crippen LogP contribution is 2.40. The Hall–Kier alpha value is -1.76. The zero-order valence-electron chi connectivity index (χ0n) is 12.9. The van der Waals surface area contributed by atoms with Crippen LogP contribution in [0.25, 0.3) is 0 Å². The first-order valence-corrected chi connectivity index (χ1v) is 8.22. The molecule has 0 radical (unpaired) electrons. The Bertz CT molecular complexity index is 633. The summed E-state index contributed by atoms with van der Waals surface area (Å²) < 4.78 is 10.7. The highest BCUT2D eigenvalue weighted by Gasteiger charge is 2.34. The van der Waals surface area contributed by atoms with Crippen LogP contribution in [0.5, 0.6) is 0 Å². The van der Waals surface area contributed by atoms with E-state index in [2.05, 4.69) is 32.1 Å². The van der Waals surface area contributed by atoms with Crippen LogP contribution in [0.2, 0.25) is 0 Å². The Kier molecular flexibility index (Phi) is 3.65. The van der Waals surface area contributed by atoms with E-state index in [0.29, 0.717) is 18.4 Å². The quantitative estimate of drug-likeness (QED) is 0.811. The van der Waals surface area contributed by atoms with Gasteiger partial charge in [-0.15, -0.1) is 0 Å². The van der Waals surface area contributed by atoms with E-state index in [1.54, 1.807) is 0 Å². The average molecular weight is 303 g/mol. The van der Waals surface area contributed by atoms with Crippen LogP contribution < -0.4 is 0 Å². The second-order valence-corrected chi connectivity index (χ2v) is 6.25. The van der Waals surface area contributed by atoms with Crippen molar-refractivity contribution in [1.29, 1.82) is 0 Å².